The summed E-state index contributed by atoms with van der Waals surface area (Å²) in [6.45, 7) is 3.68. The highest BCUT2D eigenvalue weighted by Crippen LogP contribution is 2.37. The number of nitrogens with one attached hydrogen (secondary N) is 1. The molecular weight excluding hydrogens is 328 g/mol. The van der Waals surface area contributed by atoms with Crippen molar-refractivity contribution in [3.8, 4) is 17.6 Å². The fourth-order valence-corrected chi connectivity index (χ4v) is 3.00. The molecule has 0 atom stereocenters. The van der Waals surface area contributed by atoms with E-state index in [9.17, 15) is 5.26 Å². The Hall–Kier alpha value is -2.23. The number of pyridine rings is 1. The van der Waals surface area contributed by atoms with Crippen LogP contribution in [0.3, 0.4) is 0 Å². The van der Waals surface area contributed by atoms with E-state index in [0.717, 1.165) is 49.2 Å². The summed E-state index contributed by atoms with van der Waals surface area (Å²) < 4.78 is 10.8. The minimum Gasteiger partial charge on any atom is -0.493 e. The number of fused-ring (bicyclic) bond motifs is 1. The van der Waals surface area contributed by atoms with Crippen molar-refractivity contribution in [3.05, 3.63) is 23.9 Å². The van der Waals surface area contributed by atoms with Gasteiger partial charge >= 0.3 is 0 Å². The van der Waals surface area contributed by atoms with E-state index in [-0.39, 0.29) is 12.4 Å². The molecule has 0 unspecified atom stereocenters. The molecule has 0 saturated carbocycles. The van der Waals surface area contributed by atoms with Crippen LogP contribution < -0.4 is 19.7 Å². The monoisotopic (exact) mass is 348 g/mol. The summed E-state index contributed by atoms with van der Waals surface area (Å²) in [4.78, 5) is 6.67. The number of nitrogens with zero attached hydrogens (tertiary/aromatic N) is 3. The van der Waals surface area contributed by atoms with E-state index in [1.54, 1.807) is 20.4 Å². The molecule has 0 bridgehead atoms. The molecule has 3 rings (SSSR count). The molecule has 2 aromatic rings. The van der Waals surface area contributed by atoms with Gasteiger partial charge in [0.25, 0.3) is 0 Å². The van der Waals surface area contributed by atoms with E-state index in [1.807, 2.05) is 12.1 Å². The van der Waals surface area contributed by atoms with E-state index in [2.05, 4.69) is 21.3 Å². The Balaban J connectivity index is 0.00000208. The zero-order valence-electron chi connectivity index (χ0n) is 13.8. The summed E-state index contributed by atoms with van der Waals surface area (Å²) in [7, 11) is 3.22. The van der Waals surface area contributed by atoms with Gasteiger partial charge in [-0.15, -0.1) is 12.4 Å². The van der Waals surface area contributed by atoms with Gasteiger partial charge in [-0.3, -0.25) is 4.98 Å². The van der Waals surface area contributed by atoms with Crippen molar-refractivity contribution < 1.29 is 9.47 Å². The van der Waals surface area contributed by atoms with Crippen molar-refractivity contribution in [2.24, 2.45) is 0 Å². The summed E-state index contributed by atoms with van der Waals surface area (Å²) >= 11 is 0. The van der Waals surface area contributed by atoms with Crippen LogP contribution in [0.15, 0.2) is 18.3 Å². The molecule has 2 heterocycles. The van der Waals surface area contributed by atoms with Gasteiger partial charge in [-0.25, -0.2) is 0 Å². The van der Waals surface area contributed by atoms with E-state index < -0.39 is 0 Å². The van der Waals surface area contributed by atoms with Crippen molar-refractivity contribution in [1.82, 2.24) is 10.3 Å². The molecule has 0 radical (unpaired) electrons. The van der Waals surface area contributed by atoms with Gasteiger partial charge in [0.2, 0.25) is 0 Å². The van der Waals surface area contributed by atoms with Crippen LogP contribution in [0, 0.1) is 11.3 Å². The minimum absolute atomic E-state index is 0. The number of halogens is 1. The van der Waals surface area contributed by atoms with Gasteiger partial charge in [-0.05, 0) is 19.0 Å². The average Bonchev–Trinajstić information content (AvgIpc) is 2.88. The predicted molar refractivity (Wildman–Crippen MR) is 96.5 cm³/mol. The molecule has 24 heavy (non-hydrogen) atoms. The van der Waals surface area contributed by atoms with Gasteiger partial charge in [-0.1, -0.05) is 0 Å². The minimum atomic E-state index is 0. The molecular formula is C17H21ClN4O2. The lowest BCUT2D eigenvalue weighted by Crippen LogP contribution is -2.28. The molecule has 1 aliphatic rings. The van der Waals surface area contributed by atoms with Crippen LogP contribution in [0.5, 0.6) is 11.5 Å². The maximum absolute atomic E-state index is 9.52. The number of benzene rings is 1. The normalized spacial score (nSPS) is 14.5. The number of hydrogen-bond donors (Lipinski definition) is 1. The Morgan fingerprint density at radius 1 is 1.17 bits per heavy atom. The molecule has 0 spiro atoms. The van der Waals surface area contributed by atoms with Crippen LogP contribution in [0.4, 0.5) is 5.69 Å². The fraction of sp³-hybridized carbons (Fsp3) is 0.412. The second kappa shape index (κ2) is 8.04. The van der Waals surface area contributed by atoms with Crippen LogP contribution in [0.1, 0.15) is 12.0 Å². The number of hydrogen-bond acceptors (Lipinski definition) is 6. The number of aromatic nitrogens is 1. The second-order valence-electron chi connectivity index (χ2n) is 5.45. The highest BCUT2D eigenvalue weighted by Gasteiger charge is 2.19. The van der Waals surface area contributed by atoms with Crippen LogP contribution in [0.25, 0.3) is 10.9 Å². The van der Waals surface area contributed by atoms with Gasteiger partial charge < -0.3 is 19.7 Å². The summed E-state index contributed by atoms with van der Waals surface area (Å²) in [6, 6.07) is 6.04. The Bertz CT molecular complexity index is 752. The number of rotatable bonds is 3. The number of ether oxygens (including phenoxy) is 2. The van der Waals surface area contributed by atoms with E-state index >= 15 is 0 Å². The second-order valence-corrected chi connectivity index (χ2v) is 5.45. The SMILES string of the molecule is COc1cc2ncc(C#N)c(N3CCCNCC3)c2cc1OC.Cl. The lowest BCUT2D eigenvalue weighted by Gasteiger charge is -2.25. The number of anilines is 1. The van der Waals surface area contributed by atoms with E-state index in [0.29, 0.717) is 17.1 Å². The smallest absolute Gasteiger partial charge is 0.162 e. The molecule has 1 fully saturated rings. The molecule has 0 aliphatic carbocycles. The van der Waals surface area contributed by atoms with Gasteiger partial charge in [0.1, 0.15) is 6.07 Å². The molecule has 7 heteroatoms. The first kappa shape index (κ1) is 18.1. The lowest BCUT2D eigenvalue weighted by molar-refractivity contribution is 0.356. The number of nitriles is 1. The summed E-state index contributed by atoms with van der Waals surface area (Å²) in [6.07, 6.45) is 2.68. The number of methoxy groups -OCH3 is 2. The average molecular weight is 349 g/mol. The van der Waals surface area contributed by atoms with Crippen molar-refractivity contribution in [3.63, 3.8) is 0 Å². The Morgan fingerprint density at radius 2 is 1.92 bits per heavy atom. The first-order chi connectivity index (χ1) is 11.3. The molecule has 0 amide bonds. The fourth-order valence-electron chi connectivity index (χ4n) is 3.00. The molecule has 1 saturated heterocycles. The van der Waals surface area contributed by atoms with Crippen molar-refractivity contribution >= 4 is 29.0 Å². The van der Waals surface area contributed by atoms with Gasteiger partial charge in [0.15, 0.2) is 11.5 Å². The Kier molecular flexibility index (Phi) is 6.07. The molecule has 1 aromatic carbocycles. The quantitative estimate of drug-likeness (QED) is 0.918. The Morgan fingerprint density at radius 3 is 2.62 bits per heavy atom. The van der Waals surface area contributed by atoms with Crippen LogP contribution >= 0.6 is 12.4 Å². The zero-order chi connectivity index (χ0) is 16.2. The summed E-state index contributed by atoms with van der Waals surface area (Å²) in [5.74, 6) is 1.28. The first-order valence-corrected chi connectivity index (χ1v) is 7.69. The first-order valence-electron chi connectivity index (χ1n) is 7.69. The van der Waals surface area contributed by atoms with Crippen molar-refractivity contribution in [1.29, 1.82) is 5.26 Å². The molecule has 128 valence electrons. The Labute approximate surface area is 147 Å². The third-order valence-corrected chi connectivity index (χ3v) is 4.12. The summed E-state index contributed by atoms with van der Waals surface area (Å²) in [5, 5.41) is 13.8. The third-order valence-electron chi connectivity index (χ3n) is 4.12. The van der Waals surface area contributed by atoms with Crippen LogP contribution in [-0.4, -0.2) is 45.4 Å². The van der Waals surface area contributed by atoms with Gasteiger partial charge in [0, 0.05) is 37.3 Å². The predicted octanol–water partition coefficient (Wildman–Crippen LogP) is 2.35. The summed E-state index contributed by atoms with van der Waals surface area (Å²) in [5.41, 5.74) is 2.32. The van der Waals surface area contributed by atoms with Crippen molar-refractivity contribution in [2.75, 3.05) is 45.3 Å². The largest absolute Gasteiger partial charge is 0.493 e. The van der Waals surface area contributed by atoms with Crippen molar-refractivity contribution in [2.45, 2.75) is 6.42 Å². The maximum Gasteiger partial charge on any atom is 0.162 e. The highest BCUT2D eigenvalue weighted by atomic mass is 35.5. The van der Waals surface area contributed by atoms with Gasteiger partial charge in [-0.2, -0.15) is 5.26 Å². The third kappa shape index (κ3) is 3.32. The van der Waals surface area contributed by atoms with E-state index in [1.165, 1.54) is 0 Å². The highest BCUT2D eigenvalue weighted by molar-refractivity contribution is 5.96. The van der Waals surface area contributed by atoms with Crippen LogP contribution in [-0.2, 0) is 0 Å². The standard InChI is InChI=1S/C17H20N4O2.ClH/c1-22-15-8-13-14(9-16(15)23-2)20-11-12(10-18)17(13)21-6-3-4-19-5-7-21;/h8-9,11,19H,3-7H2,1-2H3;1H. The maximum atomic E-state index is 9.52. The topological polar surface area (TPSA) is 70.4 Å². The van der Waals surface area contributed by atoms with Crippen LogP contribution in [0.2, 0.25) is 0 Å². The molecule has 1 aromatic heterocycles. The lowest BCUT2D eigenvalue weighted by atomic mass is 10.1. The van der Waals surface area contributed by atoms with Gasteiger partial charge in [0.05, 0.1) is 31.0 Å². The molecule has 1 aliphatic heterocycles. The molecule has 6 nitrogen and oxygen atoms in total. The van der Waals surface area contributed by atoms with E-state index in [4.69, 9.17) is 9.47 Å². The molecule has 1 N–H and O–H groups in total. The zero-order valence-corrected chi connectivity index (χ0v) is 14.7.